The Hall–Kier alpha value is -4.29. The number of morpholine rings is 1. The summed E-state index contributed by atoms with van der Waals surface area (Å²) >= 11 is 6.24. The Bertz CT molecular complexity index is 2000. The third-order valence-electron chi connectivity index (χ3n) is 10.3. The van der Waals surface area contributed by atoms with Gasteiger partial charge < -0.3 is 28.8 Å². The van der Waals surface area contributed by atoms with Crippen molar-refractivity contribution in [1.82, 2.24) is 19.4 Å². The Morgan fingerprint density at radius 3 is 2.45 bits per heavy atom. The maximum Gasteiger partial charge on any atom is 0.274 e. The number of carbonyl (C=O) groups excluding carboxylic acids is 2. The van der Waals surface area contributed by atoms with E-state index in [1.54, 1.807) is 24.1 Å². The first-order valence-electron chi connectivity index (χ1n) is 17.3. The van der Waals surface area contributed by atoms with Crippen LogP contribution in [0.25, 0.3) is 11.1 Å². The van der Waals surface area contributed by atoms with Crippen LogP contribution in [0.15, 0.2) is 71.8 Å². The van der Waals surface area contributed by atoms with Crippen LogP contribution in [0.1, 0.15) is 53.4 Å². The summed E-state index contributed by atoms with van der Waals surface area (Å²) in [6.45, 7) is 14.6. The van der Waals surface area contributed by atoms with Crippen LogP contribution < -0.4 is 10.9 Å². The van der Waals surface area contributed by atoms with Crippen LogP contribution in [-0.4, -0.2) is 65.8 Å². The molecule has 2 aromatic carbocycles. The summed E-state index contributed by atoms with van der Waals surface area (Å²) in [4.78, 5) is 48.2. The number of pyridine rings is 2. The van der Waals surface area contributed by atoms with Crippen molar-refractivity contribution in [2.24, 2.45) is 7.05 Å². The molecule has 6 rings (SSSR count). The minimum Gasteiger partial charge on any atom is -0.413 e. The van der Waals surface area contributed by atoms with Gasteiger partial charge in [0, 0.05) is 56.2 Å². The Balaban J connectivity index is 1.30. The first-order valence-corrected chi connectivity index (χ1v) is 20.6. The number of nitrogens with zero attached hydrogens (tertiary/aromatic N) is 4. The van der Waals surface area contributed by atoms with Gasteiger partial charge in [-0.2, -0.15) is 0 Å². The zero-order valence-electron chi connectivity index (χ0n) is 30.2. The van der Waals surface area contributed by atoms with Gasteiger partial charge in [-0.1, -0.05) is 56.6 Å². The molecule has 4 heterocycles. The van der Waals surface area contributed by atoms with Gasteiger partial charge in [-0.15, -0.1) is 0 Å². The molecule has 0 unspecified atom stereocenters. The number of benzene rings is 2. The molecular weight excluding hydrogens is 682 g/mol. The number of rotatable bonds is 9. The molecule has 0 saturated carbocycles. The van der Waals surface area contributed by atoms with E-state index in [0.29, 0.717) is 68.1 Å². The molecule has 4 aromatic rings. The molecule has 0 bridgehead atoms. The Kier molecular flexibility index (Phi) is 10.6. The van der Waals surface area contributed by atoms with Gasteiger partial charge in [-0.3, -0.25) is 14.4 Å². The van der Waals surface area contributed by atoms with Gasteiger partial charge in [0.25, 0.3) is 11.5 Å². The quantitative estimate of drug-likeness (QED) is 0.187. The SMILES string of the molecule is Cn1cc(-c2cccc(CC(=O)N3Cc4ccc(Cl)cc4C3)c2CO[Si](C)(C)C(C)(C)C)cc(Nc2ccc(C(=O)N3CCOCC3)cn2)c1=O. The van der Waals surface area contributed by atoms with Gasteiger partial charge >= 0.3 is 0 Å². The summed E-state index contributed by atoms with van der Waals surface area (Å²) in [5.74, 6) is 0.369. The summed E-state index contributed by atoms with van der Waals surface area (Å²) in [6, 6.07) is 17.0. The first-order chi connectivity index (χ1) is 24.2. The van der Waals surface area contributed by atoms with Gasteiger partial charge in [0.05, 0.1) is 31.8 Å². The van der Waals surface area contributed by atoms with Gasteiger partial charge in [0.15, 0.2) is 8.32 Å². The fourth-order valence-electron chi connectivity index (χ4n) is 6.15. The lowest BCUT2D eigenvalue weighted by Crippen LogP contribution is -2.40. The van der Waals surface area contributed by atoms with E-state index in [1.807, 2.05) is 53.6 Å². The third kappa shape index (κ3) is 8.12. The third-order valence-corrected chi connectivity index (χ3v) is 15.0. The highest BCUT2D eigenvalue weighted by Crippen LogP contribution is 2.38. The van der Waals surface area contributed by atoms with Crippen LogP contribution >= 0.6 is 11.6 Å². The number of hydrogen-bond donors (Lipinski definition) is 1. The fraction of sp³-hybridized carbons (Fsp3) is 0.385. The number of amides is 2. The predicted molar refractivity (Wildman–Crippen MR) is 203 cm³/mol. The zero-order valence-corrected chi connectivity index (χ0v) is 32.0. The molecule has 2 aromatic heterocycles. The lowest BCUT2D eigenvalue weighted by atomic mass is 9.94. The molecule has 2 aliphatic rings. The number of ether oxygens (including phenoxy) is 1. The van der Waals surface area contributed by atoms with Crippen LogP contribution in [-0.2, 0) is 47.1 Å². The van der Waals surface area contributed by atoms with E-state index in [9.17, 15) is 14.4 Å². The lowest BCUT2D eigenvalue weighted by molar-refractivity contribution is -0.131. The Morgan fingerprint density at radius 1 is 1.00 bits per heavy atom. The summed E-state index contributed by atoms with van der Waals surface area (Å²) in [5, 5.41) is 3.83. The standard InChI is InChI=1S/C39H46ClN5O5Si/c1-39(2,3)51(5,6)50-25-33-26(20-36(46)45-23-28-10-12-31(40)18-29(28)24-45)8-7-9-32(33)30-19-34(38(48)43(4)22-30)42-35-13-11-27(21-41-35)37(47)44-14-16-49-17-15-44/h7-13,18-19,21-22H,14-17,20,23-25H2,1-6H3,(H,41,42). The molecule has 1 fully saturated rings. The van der Waals surface area contributed by atoms with Crippen LogP contribution in [0.2, 0.25) is 23.2 Å². The number of anilines is 2. The second kappa shape index (κ2) is 14.7. The molecule has 0 radical (unpaired) electrons. The summed E-state index contributed by atoms with van der Waals surface area (Å²) in [5.41, 5.74) is 6.25. The van der Waals surface area contributed by atoms with Gasteiger partial charge in [-0.05, 0) is 76.3 Å². The second-order valence-corrected chi connectivity index (χ2v) is 20.1. The average molecular weight is 728 g/mol. The Morgan fingerprint density at radius 2 is 1.75 bits per heavy atom. The average Bonchev–Trinajstić information content (AvgIpc) is 3.53. The van der Waals surface area contributed by atoms with Gasteiger partial charge in [0.2, 0.25) is 5.91 Å². The maximum absolute atomic E-state index is 13.8. The summed E-state index contributed by atoms with van der Waals surface area (Å²) in [7, 11) is -0.458. The zero-order chi connectivity index (χ0) is 36.5. The minimum absolute atomic E-state index is 0.0103. The van der Waals surface area contributed by atoms with E-state index in [1.165, 1.54) is 10.8 Å². The predicted octanol–water partition coefficient (Wildman–Crippen LogP) is 6.92. The number of carbonyl (C=O) groups is 2. The number of halogens is 1. The van der Waals surface area contributed by atoms with E-state index < -0.39 is 8.32 Å². The highest BCUT2D eigenvalue weighted by Gasteiger charge is 2.37. The highest BCUT2D eigenvalue weighted by atomic mass is 35.5. The molecular formula is C39H46ClN5O5Si. The fourth-order valence-corrected chi connectivity index (χ4v) is 7.29. The van der Waals surface area contributed by atoms with Crippen molar-refractivity contribution < 1.29 is 18.8 Å². The smallest absolute Gasteiger partial charge is 0.274 e. The van der Waals surface area contributed by atoms with E-state index in [-0.39, 0.29) is 28.8 Å². The van der Waals surface area contributed by atoms with E-state index in [4.69, 9.17) is 20.8 Å². The highest BCUT2D eigenvalue weighted by molar-refractivity contribution is 6.74. The summed E-state index contributed by atoms with van der Waals surface area (Å²) in [6.07, 6.45) is 3.55. The minimum atomic E-state index is -2.17. The topological polar surface area (TPSA) is 106 Å². The van der Waals surface area contributed by atoms with E-state index in [0.717, 1.165) is 33.4 Å². The molecule has 10 nitrogen and oxygen atoms in total. The number of aryl methyl sites for hydroxylation is 1. The maximum atomic E-state index is 13.8. The molecule has 51 heavy (non-hydrogen) atoms. The van der Waals surface area contributed by atoms with Crippen molar-refractivity contribution >= 4 is 43.2 Å². The van der Waals surface area contributed by atoms with Crippen molar-refractivity contribution in [2.45, 2.75) is 65.0 Å². The first kappa shape index (κ1) is 36.5. The van der Waals surface area contributed by atoms with Crippen molar-refractivity contribution in [1.29, 1.82) is 0 Å². The molecule has 268 valence electrons. The number of nitrogens with one attached hydrogen (secondary N) is 1. The van der Waals surface area contributed by atoms with Crippen molar-refractivity contribution in [2.75, 3.05) is 31.6 Å². The van der Waals surface area contributed by atoms with Gasteiger partial charge in [-0.25, -0.2) is 4.98 Å². The molecule has 12 heteroatoms. The monoisotopic (exact) mass is 727 g/mol. The number of aromatic nitrogens is 2. The van der Waals surface area contributed by atoms with E-state index in [2.05, 4.69) is 44.2 Å². The molecule has 0 aliphatic carbocycles. The van der Waals surface area contributed by atoms with Crippen molar-refractivity contribution in [3.05, 3.63) is 110 Å². The summed E-state index contributed by atoms with van der Waals surface area (Å²) < 4.78 is 13.7. The largest absolute Gasteiger partial charge is 0.413 e. The van der Waals surface area contributed by atoms with Crippen LogP contribution in [0.5, 0.6) is 0 Å². The van der Waals surface area contributed by atoms with Crippen LogP contribution in [0, 0.1) is 0 Å². The normalized spacial score (nSPS) is 14.8. The molecule has 2 amide bonds. The van der Waals surface area contributed by atoms with E-state index >= 15 is 0 Å². The molecule has 0 atom stereocenters. The molecule has 1 N–H and O–H groups in total. The van der Waals surface area contributed by atoms with Crippen LogP contribution in [0.3, 0.4) is 0 Å². The molecule has 1 saturated heterocycles. The lowest BCUT2D eigenvalue weighted by Gasteiger charge is -2.36. The second-order valence-electron chi connectivity index (χ2n) is 14.9. The number of fused-ring (bicyclic) bond motifs is 1. The van der Waals surface area contributed by atoms with Crippen LogP contribution in [0.4, 0.5) is 11.5 Å². The molecule has 2 aliphatic heterocycles. The van der Waals surface area contributed by atoms with Gasteiger partial charge in [0.1, 0.15) is 11.5 Å². The van der Waals surface area contributed by atoms with Crippen molar-refractivity contribution in [3.63, 3.8) is 0 Å². The molecule has 0 spiro atoms. The number of hydrogen-bond acceptors (Lipinski definition) is 7. The Labute approximate surface area is 305 Å². The van der Waals surface area contributed by atoms with Crippen molar-refractivity contribution in [3.8, 4) is 11.1 Å².